The molecule has 1 heterocycles. The molecule has 1 aliphatic heterocycles. The molecule has 2 aliphatic rings. The summed E-state index contributed by atoms with van der Waals surface area (Å²) >= 11 is 0. The van der Waals surface area contributed by atoms with Crippen LogP contribution >= 0.6 is 0 Å². The molecule has 0 aromatic heterocycles. The molecule has 0 radical (unpaired) electrons. The molecule has 4 nitrogen and oxygen atoms in total. The Labute approximate surface area is 110 Å². The monoisotopic (exact) mass is 251 g/mol. The minimum absolute atomic E-state index is 0.108. The highest BCUT2D eigenvalue weighted by molar-refractivity contribution is 6.09. The quantitative estimate of drug-likeness (QED) is 0.789. The summed E-state index contributed by atoms with van der Waals surface area (Å²) in [4.78, 5) is 16.7. The van der Waals surface area contributed by atoms with Gasteiger partial charge in [-0.1, -0.05) is 27.7 Å². The molecule has 2 unspecified atom stereocenters. The number of rotatable bonds is 2. The lowest BCUT2D eigenvalue weighted by Crippen LogP contribution is -2.54. The van der Waals surface area contributed by atoms with Crippen molar-refractivity contribution in [2.75, 3.05) is 6.54 Å². The van der Waals surface area contributed by atoms with Crippen LogP contribution in [0.1, 0.15) is 53.4 Å². The van der Waals surface area contributed by atoms with Crippen molar-refractivity contribution >= 4 is 11.9 Å². The maximum absolute atomic E-state index is 12.3. The van der Waals surface area contributed by atoms with Crippen molar-refractivity contribution in [2.24, 2.45) is 16.3 Å². The number of hydrogen-bond acceptors (Lipinski definition) is 2. The molecule has 1 spiro atoms. The molecule has 1 saturated heterocycles. The normalized spacial score (nSPS) is 36.8. The SMILES string of the molecule is CCCN=C1NC(=O)C2(CC(C)CC(C)(C)C2)N1. The van der Waals surface area contributed by atoms with E-state index in [9.17, 15) is 4.79 Å². The number of aliphatic imine (C=N–C) groups is 1. The van der Waals surface area contributed by atoms with Gasteiger partial charge in [0.25, 0.3) is 5.91 Å². The molecule has 18 heavy (non-hydrogen) atoms. The largest absolute Gasteiger partial charge is 0.342 e. The van der Waals surface area contributed by atoms with Crippen molar-refractivity contribution in [3.8, 4) is 0 Å². The van der Waals surface area contributed by atoms with Crippen LogP contribution in [0.4, 0.5) is 0 Å². The van der Waals surface area contributed by atoms with Gasteiger partial charge >= 0.3 is 0 Å². The maximum Gasteiger partial charge on any atom is 0.252 e. The second-order valence-electron chi connectivity index (χ2n) is 6.75. The Morgan fingerprint density at radius 3 is 2.72 bits per heavy atom. The van der Waals surface area contributed by atoms with E-state index >= 15 is 0 Å². The predicted molar refractivity (Wildman–Crippen MR) is 73.4 cm³/mol. The van der Waals surface area contributed by atoms with Gasteiger partial charge in [-0.15, -0.1) is 0 Å². The number of carbonyl (C=O) groups is 1. The zero-order valence-electron chi connectivity index (χ0n) is 12.0. The zero-order valence-corrected chi connectivity index (χ0v) is 12.0. The van der Waals surface area contributed by atoms with Gasteiger partial charge in [0.05, 0.1) is 0 Å². The summed E-state index contributed by atoms with van der Waals surface area (Å²) in [6.07, 6.45) is 3.98. The van der Waals surface area contributed by atoms with Gasteiger partial charge in [0, 0.05) is 6.54 Å². The molecule has 0 aromatic rings. The third kappa shape index (κ3) is 2.52. The summed E-state index contributed by atoms with van der Waals surface area (Å²) in [7, 11) is 0. The molecule has 1 amide bonds. The van der Waals surface area contributed by atoms with E-state index in [-0.39, 0.29) is 11.3 Å². The van der Waals surface area contributed by atoms with Crippen LogP contribution in [0.5, 0.6) is 0 Å². The Morgan fingerprint density at radius 2 is 2.11 bits per heavy atom. The number of guanidine groups is 1. The highest BCUT2D eigenvalue weighted by Gasteiger charge is 2.51. The van der Waals surface area contributed by atoms with Gasteiger partial charge < -0.3 is 5.32 Å². The summed E-state index contributed by atoms with van der Waals surface area (Å²) in [5, 5.41) is 6.27. The fraction of sp³-hybridized carbons (Fsp3) is 0.857. The fourth-order valence-electron chi connectivity index (χ4n) is 3.68. The Kier molecular flexibility index (Phi) is 3.39. The number of carbonyl (C=O) groups excluding carboxylic acids is 1. The number of nitrogens with one attached hydrogen (secondary N) is 2. The van der Waals surface area contributed by atoms with Crippen LogP contribution in [0.2, 0.25) is 0 Å². The maximum atomic E-state index is 12.3. The summed E-state index contributed by atoms with van der Waals surface area (Å²) < 4.78 is 0. The standard InChI is InChI=1S/C14H25N3O/c1-5-6-15-12-16-11(18)14(17-12)8-10(2)7-13(3,4)9-14/h10H,5-9H2,1-4H3,(H2,15,16,17,18). The van der Waals surface area contributed by atoms with Crippen LogP contribution in [0.25, 0.3) is 0 Å². The molecule has 1 saturated carbocycles. The van der Waals surface area contributed by atoms with E-state index in [4.69, 9.17) is 0 Å². The molecule has 2 fully saturated rings. The van der Waals surface area contributed by atoms with Crippen molar-refractivity contribution < 1.29 is 4.79 Å². The van der Waals surface area contributed by atoms with Gasteiger partial charge in [0.2, 0.25) is 0 Å². The van der Waals surface area contributed by atoms with E-state index < -0.39 is 5.54 Å². The molecule has 4 heteroatoms. The van der Waals surface area contributed by atoms with Crippen molar-refractivity contribution in [1.82, 2.24) is 10.6 Å². The molecule has 2 atom stereocenters. The number of nitrogens with zero attached hydrogens (tertiary/aromatic N) is 1. The first-order chi connectivity index (χ1) is 8.37. The average molecular weight is 251 g/mol. The first-order valence-electron chi connectivity index (χ1n) is 7.01. The van der Waals surface area contributed by atoms with E-state index in [1.165, 1.54) is 6.42 Å². The first-order valence-corrected chi connectivity index (χ1v) is 7.01. The lowest BCUT2D eigenvalue weighted by atomic mass is 9.64. The second kappa shape index (κ2) is 4.56. The smallest absolute Gasteiger partial charge is 0.252 e. The highest BCUT2D eigenvalue weighted by atomic mass is 16.2. The molecular formula is C14H25N3O. The topological polar surface area (TPSA) is 53.5 Å². The van der Waals surface area contributed by atoms with Gasteiger partial charge in [-0.05, 0) is 37.0 Å². The lowest BCUT2D eigenvalue weighted by Gasteiger charge is -2.43. The Bertz CT molecular complexity index is 375. The van der Waals surface area contributed by atoms with Crippen molar-refractivity contribution in [3.63, 3.8) is 0 Å². The van der Waals surface area contributed by atoms with Crippen LogP contribution in [-0.2, 0) is 4.79 Å². The van der Waals surface area contributed by atoms with E-state index in [0.29, 0.717) is 11.9 Å². The first kappa shape index (κ1) is 13.4. The molecular weight excluding hydrogens is 226 g/mol. The lowest BCUT2D eigenvalue weighted by molar-refractivity contribution is -0.127. The van der Waals surface area contributed by atoms with Gasteiger partial charge in [-0.2, -0.15) is 0 Å². The molecule has 1 aliphatic carbocycles. The molecule has 0 bridgehead atoms. The predicted octanol–water partition coefficient (Wildman–Crippen LogP) is 2.06. The Balaban J connectivity index is 2.18. The van der Waals surface area contributed by atoms with Crippen LogP contribution < -0.4 is 10.6 Å². The van der Waals surface area contributed by atoms with Gasteiger partial charge in [-0.25, -0.2) is 0 Å². The Hall–Kier alpha value is -1.06. The van der Waals surface area contributed by atoms with Gasteiger partial charge in [-0.3, -0.25) is 15.1 Å². The van der Waals surface area contributed by atoms with Crippen molar-refractivity contribution in [2.45, 2.75) is 58.9 Å². The molecule has 0 aromatic carbocycles. The van der Waals surface area contributed by atoms with Gasteiger partial charge in [0.15, 0.2) is 5.96 Å². The zero-order chi connectivity index (χ0) is 13.4. The summed E-state index contributed by atoms with van der Waals surface area (Å²) in [5.41, 5.74) is -0.212. The third-order valence-electron chi connectivity index (χ3n) is 3.90. The van der Waals surface area contributed by atoms with E-state index in [1.807, 2.05) is 0 Å². The van der Waals surface area contributed by atoms with E-state index in [1.54, 1.807) is 0 Å². The molecule has 2 rings (SSSR count). The summed E-state index contributed by atoms with van der Waals surface area (Å²) in [6, 6.07) is 0. The van der Waals surface area contributed by atoms with Crippen LogP contribution in [-0.4, -0.2) is 24.0 Å². The molecule has 2 N–H and O–H groups in total. The third-order valence-corrected chi connectivity index (χ3v) is 3.90. The number of amides is 1. The fourth-order valence-corrected chi connectivity index (χ4v) is 3.68. The average Bonchev–Trinajstić information content (AvgIpc) is 2.49. The van der Waals surface area contributed by atoms with Crippen LogP contribution in [0.15, 0.2) is 4.99 Å². The summed E-state index contributed by atoms with van der Waals surface area (Å²) in [5.74, 6) is 1.35. The number of hydrogen-bond donors (Lipinski definition) is 2. The van der Waals surface area contributed by atoms with Gasteiger partial charge in [0.1, 0.15) is 5.54 Å². The highest BCUT2D eigenvalue weighted by Crippen LogP contribution is 2.44. The minimum atomic E-state index is -0.423. The van der Waals surface area contributed by atoms with E-state index in [0.717, 1.165) is 25.8 Å². The second-order valence-corrected chi connectivity index (χ2v) is 6.75. The van der Waals surface area contributed by atoms with Crippen molar-refractivity contribution in [1.29, 1.82) is 0 Å². The molecule has 102 valence electrons. The summed E-state index contributed by atoms with van der Waals surface area (Å²) in [6.45, 7) is 9.58. The van der Waals surface area contributed by atoms with Crippen molar-refractivity contribution in [3.05, 3.63) is 0 Å². The Morgan fingerprint density at radius 1 is 1.39 bits per heavy atom. The van der Waals surface area contributed by atoms with Crippen LogP contribution in [0, 0.1) is 11.3 Å². The minimum Gasteiger partial charge on any atom is -0.342 e. The van der Waals surface area contributed by atoms with E-state index in [2.05, 4.69) is 43.3 Å². The van der Waals surface area contributed by atoms with Crippen LogP contribution in [0.3, 0.4) is 0 Å².